The minimum atomic E-state index is -0.492. The van der Waals surface area contributed by atoms with Crippen molar-refractivity contribution in [2.45, 2.75) is 13.5 Å². The van der Waals surface area contributed by atoms with Crippen molar-refractivity contribution in [2.75, 3.05) is 7.11 Å². The number of methoxy groups -OCH3 is 1. The zero-order chi connectivity index (χ0) is 14.5. The number of rotatable bonds is 5. The normalized spacial score (nSPS) is 10.1. The van der Waals surface area contributed by atoms with Crippen LogP contribution in [0.2, 0.25) is 0 Å². The summed E-state index contributed by atoms with van der Waals surface area (Å²) in [6.45, 7) is 2.47. The van der Waals surface area contributed by atoms with Crippen LogP contribution in [0.25, 0.3) is 0 Å². The second-order valence-electron chi connectivity index (χ2n) is 4.50. The Kier molecular flexibility index (Phi) is 4.25. The van der Waals surface area contributed by atoms with Crippen molar-refractivity contribution in [2.24, 2.45) is 5.73 Å². The molecule has 0 aromatic heterocycles. The molecule has 0 atom stereocenters. The van der Waals surface area contributed by atoms with Gasteiger partial charge in [0, 0.05) is 5.56 Å². The fourth-order valence-corrected chi connectivity index (χ4v) is 1.79. The largest absolute Gasteiger partial charge is 0.493 e. The van der Waals surface area contributed by atoms with Crippen LogP contribution in [0.3, 0.4) is 0 Å². The highest BCUT2D eigenvalue weighted by Crippen LogP contribution is 2.28. The molecule has 1 amide bonds. The van der Waals surface area contributed by atoms with Crippen molar-refractivity contribution in [1.82, 2.24) is 0 Å². The smallest absolute Gasteiger partial charge is 0.248 e. The van der Waals surface area contributed by atoms with Crippen LogP contribution in [0.4, 0.5) is 0 Å². The number of benzene rings is 2. The molecule has 0 radical (unpaired) electrons. The van der Waals surface area contributed by atoms with Gasteiger partial charge >= 0.3 is 0 Å². The SMILES string of the molecule is COc1cc(C(N)=O)ccc1OCc1ccc(C)cc1. The minimum Gasteiger partial charge on any atom is -0.493 e. The van der Waals surface area contributed by atoms with E-state index in [4.69, 9.17) is 15.2 Å². The van der Waals surface area contributed by atoms with Crippen LogP contribution in [-0.4, -0.2) is 13.0 Å². The molecular weight excluding hydrogens is 254 g/mol. The summed E-state index contributed by atoms with van der Waals surface area (Å²) >= 11 is 0. The Morgan fingerprint density at radius 1 is 1.10 bits per heavy atom. The van der Waals surface area contributed by atoms with Crippen LogP contribution in [0.1, 0.15) is 21.5 Å². The lowest BCUT2D eigenvalue weighted by Crippen LogP contribution is -2.11. The Morgan fingerprint density at radius 3 is 2.40 bits per heavy atom. The van der Waals surface area contributed by atoms with Gasteiger partial charge in [-0.3, -0.25) is 4.79 Å². The van der Waals surface area contributed by atoms with E-state index in [1.165, 1.54) is 12.7 Å². The number of hydrogen-bond donors (Lipinski definition) is 1. The molecule has 4 heteroatoms. The van der Waals surface area contributed by atoms with Crippen LogP contribution < -0.4 is 15.2 Å². The number of carbonyl (C=O) groups is 1. The number of primary amides is 1. The fraction of sp³-hybridized carbons (Fsp3) is 0.188. The summed E-state index contributed by atoms with van der Waals surface area (Å²) in [6.07, 6.45) is 0. The van der Waals surface area contributed by atoms with Crippen molar-refractivity contribution < 1.29 is 14.3 Å². The van der Waals surface area contributed by atoms with E-state index in [-0.39, 0.29) is 0 Å². The van der Waals surface area contributed by atoms with Crippen LogP contribution in [0, 0.1) is 6.92 Å². The van der Waals surface area contributed by atoms with Gasteiger partial charge in [0.2, 0.25) is 5.91 Å². The van der Waals surface area contributed by atoms with E-state index in [2.05, 4.69) is 0 Å². The third kappa shape index (κ3) is 3.29. The molecule has 20 heavy (non-hydrogen) atoms. The molecule has 0 heterocycles. The highest BCUT2D eigenvalue weighted by molar-refractivity contribution is 5.93. The molecule has 2 N–H and O–H groups in total. The number of carbonyl (C=O) groups excluding carboxylic acids is 1. The molecule has 104 valence electrons. The van der Waals surface area contributed by atoms with Crippen molar-refractivity contribution >= 4 is 5.91 Å². The molecule has 4 nitrogen and oxygen atoms in total. The van der Waals surface area contributed by atoms with Crippen molar-refractivity contribution in [3.05, 3.63) is 59.2 Å². The Labute approximate surface area is 118 Å². The maximum atomic E-state index is 11.1. The van der Waals surface area contributed by atoms with Crippen LogP contribution in [0.5, 0.6) is 11.5 Å². The summed E-state index contributed by atoms with van der Waals surface area (Å²) in [6, 6.07) is 13.0. The second kappa shape index (κ2) is 6.10. The monoisotopic (exact) mass is 271 g/mol. The number of aryl methyl sites for hydroxylation is 1. The quantitative estimate of drug-likeness (QED) is 0.909. The van der Waals surface area contributed by atoms with E-state index in [9.17, 15) is 4.79 Å². The van der Waals surface area contributed by atoms with E-state index >= 15 is 0 Å². The molecule has 0 saturated carbocycles. The standard InChI is InChI=1S/C16H17NO3/c1-11-3-5-12(6-4-11)10-20-14-8-7-13(16(17)18)9-15(14)19-2/h3-9H,10H2,1-2H3,(H2,17,18). The highest BCUT2D eigenvalue weighted by atomic mass is 16.5. The molecule has 0 aliphatic rings. The molecule has 2 aromatic rings. The molecule has 0 saturated heterocycles. The summed E-state index contributed by atoms with van der Waals surface area (Å²) in [5.74, 6) is 0.583. The average Bonchev–Trinajstić information content (AvgIpc) is 2.46. The summed E-state index contributed by atoms with van der Waals surface area (Å²) in [4.78, 5) is 11.1. The molecular formula is C16H17NO3. The zero-order valence-corrected chi connectivity index (χ0v) is 11.6. The maximum Gasteiger partial charge on any atom is 0.248 e. The molecule has 0 spiro atoms. The van der Waals surface area contributed by atoms with Gasteiger partial charge in [-0.25, -0.2) is 0 Å². The molecule has 2 rings (SSSR count). The first-order chi connectivity index (χ1) is 9.60. The zero-order valence-electron chi connectivity index (χ0n) is 11.6. The second-order valence-corrected chi connectivity index (χ2v) is 4.50. The summed E-state index contributed by atoms with van der Waals surface area (Å²) in [5.41, 5.74) is 7.90. The number of amides is 1. The topological polar surface area (TPSA) is 61.5 Å². The van der Waals surface area contributed by atoms with Gasteiger partial charge in [0.15, 0.2) is 11.5 Å². The van der Waals surface area contributed by atoms with E-state index in [1.807, 2.05) is 31.2 Å². The van der Waals surface area contributed by atoms with Crippen molar-refractivity contribution in [3.8, 4) is 11.5 Å². The van der Waals surface area contributed by atoms with E-state index < -0.39 is 5.91 Å². The Morgan fingerprint density at radius 2 is 1.80 bits per heavy atom. The Bertz CT molecular complexity index is 606. The van der Waals surface area contributed by atoms with Gasteiger partial charge in [-0.2, -0.15) is 0 Å². The summed E-state index contributed by atoms with van der Waals surface area (Å²) in [7, 11) is 1.53. The third-order valence-electron chi connectivity index (χ3n) is 2.96. The van der Waals surface area contributed by atoms with Crippen LogP contribution in [-0.2, 0) is 6.61 Å². The van der Waals surface area contributed by atoms with Gasteiger partial charge in [-0.1, -0.05) is 29.8 Å². The average molecular weight is 271 g/mol. The first-order valence-electron chi connectivity index (χ1n) is 6.26. The molecule has 0 aliphatic heterocycles. The summed E-state index contributed by atoms with van der Waals surface area (Å²) < 4.78 is 10.9. The first-order valence-corrected chi connectivity index (χ1v) is 6.26. The van der Waals surface area contributed by atoms with Crippen LogP contribution in [0.15, 0.2) is 42.5 Å². The first kappa shape index (κ1) is 13.9. The predicted molar refractivity (Wildman–Crippen MR) is 77.0 cm³/mol. The van der Waals surface area contributed by atoms with Gasteiger partial charge in [-0.15, -0.1) is 0 Å². The molecule has 0 aliphatic carbocycles. The fourth-order valence-electron chi connectivity index (χ4n) is 1.79. The van der Waals surface area contributed by atoms with Gasteiger partial charge in [-0.05, 0) is 30.7 Å². The van der Waals surface area contributed by atoms with Crippen molar-refractivity contribution in [3.63, 3.8) is 0 Å². The van der Waals surface area contributed by atoms with Crippen LogP contribution >= 0.6 is 0 Å². The van der Waals surface area contributed by atoms with E-state index in [0.717, 1.165) is 5.56 Å². The van der Waals surface area contributed by atoms with Gasteiger partial charge in [0.25, 0.3) is 0 Å². The van der Waals surface area contributed by atoms with Crippen molar-refractivity contribution in [1.29, 1.82) is 0 Å². The maximum absolute atomic E-state index is 11.1. The molecule has 0 bridgehead atoms. The highest BCUT2D eigenvalue weighted by Gasteiger charge is 2.09. The van der Waals surface area contributed by atoms with E-state index in [0.29, 0.717) is 23.7 Å². The molecule has 2 aromatic carbocycles. The van der Waals surface area contributed by atoms with Gasteiger partial charge in [0.05, 0.1) is 7.11 Å². The number of ether oxygens (including phenoxy) is 2. The predicted octanol–water partition coefficient (Wildman–Crippen LogP) is 2.68. The number of hydrogen-bond acceptors (Lipinski definition) is 3. The lowest BCUT2D eigenvalue weighted by Gasteiger charge is -2.11. The number of nitrogens with two attached hydrogens (primary N) is 1. The van der Waals surface area contributed by atoms with Gasteiger partial charge < -0.3 is 15.2 Å². The Balaban J connectivity index is 2.12. The van der Waals surface area contributed by atoms with E-state index in [1.54, 1.807) is 18.2 Å². The minimum absolute atomic E-state index is 0.393. The summed E-state index contributed by atoms with van der Waals surface area (Å²) in [5, 5.41) is 0. The Hall–Kier alpha value is -2.49. The molecule has 0 fully saturated rings. The van der Waals surface area contributed by atoms with Gasteiger partial charge in [0.1, 0.15) is 6.61 Å². The lowest BCUT2D eigenvalue weighted by atomic mass is 10.1. The third-order valence-corrected chi connectivity index (χ3v) is 2.96. The lowest BCUT2D eigenvalue weighted by molar-refractivity contribution is 0.1000. The molecule has 0 unspecified atom stereocenters.